The molecule has 2 heterocycles. The van der Waals surface area contributed by atoms with E-state index in [-0.39, 0.29) is 5.69 Å². The molecule has 20 heavy (non-hydrogen) atoms. The molecule has 1 aromatic heterocycles. The highest BCUT2D eigenvalue weighted by molar-refractivity contribution is 6.30. The van der Waals surface area contributed by atoms with Crippen molar-refractivity contribution in [1.82, 2.24) is 15.1 Å². The average molecular weight is 292 g/mol. The molecule has 0 amide bonds. The van der Waals surface area contributed by atoms with Crippen molar-refractivity contribution in [2.75, 3.05) is 6.54 Å². The van der Waals surface area contributed by atoms with Gasteiger partial charge in [-0.2, -0.15) is 5.10 Å². The first-order valence-corrected chi connectivity index (χ1v) is 6.77. The van der Waals surface area contributed by atoms with E-state index in [9.17, 15) is 9.90 Å². The Kier molecular flexibility index (Phi) is 3.23. The van der Waals surface area contributed by atoms with E-state index in [0.29, 0.717) is 11.6 Å². The molecule has 104 valence electrons. The lowest BCUT2D eigenvalue weighted by Crippen LogP contribution is -2.25. The van der Waals surface area contributed by atoms with Crippen LogP contribution < -0.4 is 5.32 Å². The molecule has 1 aliphatic heterocycles. The Balaban J connectivity index is 2.23. The summed E-state index contributed by atoms with van der Waals surface area (Å²) in [5.41, 5.74) is 3.68. The summed E-state index contributed by atoms with van der Waals surface area (Å²) in [5.74, 6) is -0.997. The molecule has 0 saturated heterocycles. The topological polar surface area (TPSA) is 67.2 Å². The van der Waals surface area contributed by atoms with Gasteiger partial charge in [0.15, 0.2) is 5.69 Å². The van der Waals surface area contributed by atoms with Crippen LogP contribution in [-0.4, -0.2) is 27.4 Å². The van der Waals surface area contributed by atoms with Gasteiger partial charge >= 0.3 is 5.97 Å². The van der Waals surface area contributed by atoms with E-state index < -0.39 is 5.97 Å². The Labute approximate surface area is 121 Å². The maximum Gasteiger partial charge on any atom is 0.356 e. The Morgan fingerprint density at radius 3 is 3.05 bits per heavy atom. The van der Waals surface area contributed by atoms with Crippen LogP contribution in [0.3, 0.4) is 0 Å². The van der Waals surface area contributed by atoms with Crippen molar-refractivity contribution in [2.24, 2.45) is 0 Å². The summed E-state index contributed by atoms with van der Waals surface area (Å²) in [6.07, 6.45) is 0.752. The van der Waals surface area contributed by atoms with E-state index in [1.54, 1.807) is 4.68 Å². The second-order valence-corrected chi connectivity index (χ2v) is 5.28. The smallest absolute Gasteiger partial charge is 0.356 e. The number of halogens is 1. The van der Waals surface area contributed by atoms with Gasteiger partial charge in [-0.25, -0.2) is 9.48 Å². The zero-order valence-corrected chi connectivity index (χ0v) is 11.7. The van der Waals surface area contributed by atoms with Gasteiger partial charge in [-0.3, -0.25) is 0 Å². The van der Waals surface area contributed by atoms with Crippen LogP contribution in [0, 0.1) is 6.92 Å². The number of benzene rings is 1. The highest BCUT2D eigenvalue weighted by Crippen LogP contribution is 2.25. The fourth-order valence-electron chi connectivity index (χ4n) is 2.53. The molecule has 2 N–H and O–H groups in total. The third-order valence-corrected chi connectivity index (χ3v) is 3.77. The molecule has 0 radical (unpaired) electrons. The van der Waals surface area contributed by atoms with E-state index in [1.165, 1.54) is 0 Å². The molecule has 1 aliphatic rings. The number of rotatable bonds is 2. The second-order valence-electron chi connectivity index (χ2n) is 4.85. The van der Waals surface area contributed by atoms with Crippen LogP contribution >= 0.6 is 11.6 Å². The van der Waals surface area contributed by atoms with Crippen molar-refractivity contribution in [3.8, 4) is 5.69 Å². The molecule has 1 aromatic carbocycles. The van der Waals surface area contributed by atoms with Crippen molar-refractivity contribution in [3.05, 3.63) is 45.7 Å². The number of hydrogen-bond donors (Lipinski definition) is 2. The van der Waals surface area contributed by atoms with Crippen LogP contribution in [0.5, 0.6) is 0 Å². The van der Waals surface area contributed by atoms with Crippen LogP contribution in [0.4, 0.5) is 0 Å². The standard InChI is InChI=1S/C14H14ClN3O2/c1-8-2-3-9(15)6-12(8)18-11-4-5-16-7-10(11)13(17-18)14(19)20/h2-3,6,16H,4-5,7H2,1H3,(H,19,20). The maximum absolute atomic E-state index is 11.3. The zero-order valence-electron chi connectivity index (χ0n) is 11.0. The van der Waals surface area contributed by atoms with Crippen molar-refractivity contribution >= 4 is 17.6 Å². The summed E-state index contributed by atoms with van der Waals surface area (Å²) >= 11 is 6.05. The largest absolute Gasteiger partial charge is 0.476 e. The van der Waals surface area contributed by atoms with Crippen molar-refractivity contribution in [2.45, 2.75) is 19.9 Å². The molecule has 3 rings (SSSR count). The predicted molar refractivity (Wildman–Crippen MR) is 75.7 cm³/mol. The molecule has 0 unspecified atom stereocenters. The molecule has 0 spiro atoms. The SMILES string of the molecule is Cc1ccc(Cl)cc1-n1nc(C(=O)O)c2c1CCNC2. The van der Waals surface area contributed by atoms with Gasteiger partial charge in [0, 0.05) is 30.1 Å². The van der Waals surface area contributed by atoms with Crippen molar-refractivity contribution in [1.29, 1.82) is 0 Å². The van der Waals surface area contributed by atoms with Crippen LogP contribution in [0.25, 0.3) is 5.69 Å². The van der Waals surface area contributed by atoms with Gasteiger partial charge in [0.05, 0.1) is 11.4 Å². The first kappa shape index (κ1) is 13.1. The van der Waals surface area contributed by atoms with Gasteiger partial charge < -0.3 is 10.4 Å². The molecule has 0 aliphatic carbocycles. The number of aryl methyl sites for hydroxylation is 1. The molecule has 5 nitrogen and oxygen atoms in total. The zero-order chi connectivity index (χ0) is 14.3. The van der Waals surface area contributed by atoms with Crippen LogP contribution in [-0.2, 0) is 13.0 Å². The van der Waals surface area contributed by atoms with Gasteiger partial charge in [0.25, 0.3) is 0 Å². The Morgan fingerprint density at radius 1 is 1.50 bits per heavy atom. The van der Waals surface area contributed by atoms with Crippen LogP contribution in [0.2, 0.25) is 5.02 Å². The number of carbonyl (C=O) groups is 1. The van der Waals surface area contributed by atoms with Crippen molar-refractivity contribution in [3.63, 3.8) is 0 Å². The molecule has 0 saturated carbocycles. The van der Waals surface area contributed by atoms with Crippen molar-refractivity contribution < 1.29 is 9.90 Å². The molecule has 6 heteroatoms. The highest BCUT2D eigenvalue weighted by Gasteiger charge is 2.25. The summed E-state index contributed by atoms with van der Waals surface area (Å²) in [7, 11) is 0. The fourth-order valence-corrected chi connectivity index (χ4v) is 2.70. The van der Waals surface area contributed by atoms with Gasteiger partial charge in [0.1, 0.15) is 0 Å². The lowest BCUT2D eigenvalue weighted by Gasteiger charge is -2.16. The molecule has 0 atom stereocenters. The summed E-state index contributed by atoms with van der Waals surface area (Å²) in [6.45, 7) is 3.31. The molecular weight excluding hydrogens is 278 g/mol. The number of hydrogen-bond acceptors (Lipinski definition) is 3. The summed E-state index contributed by atoms with van der Waals surface area (Å²) in [5, 5.41) is 17.4. The van der Waals surface area contributed by atoms with E-state index in [0.717, 1.165) is 35.5 Å². The summed E-state index contributed by atoms with van der Waals surface area (Å²) in [4.78, 5) is 11.3. The third-order valence-electron chi connectivity index (χ3n) is 3.53. The highest BCUT2D eigenvalue weighted by atomic mass is 35.5. The Bertz CT molecular complexity index is 694. The number of carboxylic acids is 1. The number of nitrogens with one attached hydrogen (secondary N) is 1. The van der Waals surface area contributed by atoms with E-state index >= 15 is 0 Å². The van der Waals surface area contributed by atoms with Gasteiger partial charge in [0.2, 0.25) is 0 Å². The second kappa shape index (κ2) is 4.92. The third kappa shape index (κ3) is 2.09. The van der Waals surface area contributed by atoms with E-state index in [2.05, 4.69) is 10.4 Å². The summed E-state index contributed by atoms with van der Waals surface area (Å²) in [6, 6.07) is 5.54. The quantitative estimate of drug-likeness (QED) is 0.890. The maximum atomic E-state index is 11.3. The average Bonchev–Trinajstić information content (AvgIpc) is 2.81. The fraction of sp³-hybridized carbons (Fsp3) is 0.286. The number of carboxylic acid groups (broad SMARTS) is 1. The first-order valence-electron chi connectivity index (χ1n) is 6.39. The number of fused-ring (bicyclic) bond motifs is 1. The number of aromatic carboxylic acids is 1. The van der Waals surface area contributed by atoms with E-state index in [1.807, 2.05) is 25.1 Å². The predicted octanol–water partition coefficient (Wildman–Crippen LogP) is 2.18. The minimum Gasteiger partial charge on any atom is -0.476 e. The van der Waals surface area contributed by atoms with Gasteiger partial charge in [-0.05, 0) is 24.6 Å². The molecule has 2 aromatic rings. The summed E-state index contributed by atoms with van der Waals surface area (Å²) < 4.78 is 1.72. The lowest BCUT2D eigenvalue weighted by molar-refractivity contribution is 0.0688. The number of nitrogens with zero attached hydrogens (tertiary/aromatic N) is 2. The van der Waals surface area contributed by atoms with E-state index in [4.69, 9.17) is 11.6 Å². The minimum atomic E-state index is -0.997. The monoisotopic (exact) mass is 291 g/mol. The van der Waals surface area contributed by atoms with Crippen LogP contribution in [0.1, 0.15) is 27.3 Å². The molecular formula is C14H14ClN3O2. The Hall–Kier alpha value is -1.85. The molecule has 0 fully saturated rings. The first-order chi connectivity index (χ1) is 9.58. The minimum absolute atomic E-state index is 0.117. The molecule has 0 bridgehead atoms. The number of aromatic nitrogens is 2. The van der Waals surface area contributed by atoms with Gasteiger partial charge in [-0.15, -0.1) is 0 Å². The lowest BCUT2D eigenvalue weighted by atomic mass is 10.1. The normalized spacial score (nSPS) is 14.1. The Morgan fingerprint density at radius 2 is 2.30 bits per heavy atom. The van der Waals surface area contributed by atoms with Gasteiger partial charge in [-0.1, -0.05) is 17.7 Å². The van der Waals surface area contributed by atoms with Crippen LogP contribution in [0.15, 0.2) is 18.2 Å².